The standard InChI is InChI=1S/C11H11ClO4/c1-11(16,10(14)15)6-9(13)7-2-4-8(12)5-3-7/h2-5,16H,6H2,1H3,(H,14,15). The predicted octanol–water partition coefficient (Wildman–Crippen LogP) is 1.75. The van der Waals surface area contributed by atoms with Crippen LogP contribution in [0.2, 0.25) is 5.02 Å². The number of aliphatic hydroxyl groups is 1. The van der Waals surface area contributed by atoms with E-state index < -0.39 is 23.8 Å². The Kier molecular flexibility index (Phi) is 3.67. The Morgan fingerprint density at radius 2 is 1.81 bits per heavy atom. The van der Waals surface area contributed by atoms with Crippen molar-refractivity contribution in [1.82, 2.24) is 0 Å². The molecule has 0 amide bonds. The van der Waals surface area contributed by atoms with Crippen LogP contribution in [0.4, 0.5) is 0 Å². The van der Waals surface area contributed by atoms with Gasteiger partial charge in [-0.2, -0.15) is 0 Å². The van der Waals surface area contributed by atoms with Crippen LogP contribution in [0.25, 0.3) is 0 Å². The molecule has 0 bridgehead atoms. The van der Waals surface area contributed by atoms with Crippen LogP contribution in [0.15, 0.2) is 24.3 Å². The monoisotopic (exact) mass is 242 g/mol. The zero-order valence-corrected chi connectivity index (χ0v) is 9.36. The maximum Gasteiger partial charge on any atom is 0.335 e. The summed E-state index contributed by atoms with van der Waals surface area (Å²) in [5.41, 5.74) is -1.72. The van der Waals surface area contributed by atoms with Crippen LogP contribution in [0.5, 0.6) is 0 Å². The Bertz CT molecular complexity index is 408. The third kappa shape index (κ3) is 3.05. The first-order valence-corrected chi connectivity index (χ1v) is 4.95. The molecule has 0 aliphatic rings. The Hall–Kier alpha value is -1.39. The molecule has 0 aliphatic carbocycles. The zero-order chi connectivity index (χ0) is 12.3. The first kappa shape index (κ1) is 12.7. The molecule has 0 heterocycles. The molecule has 0 saturated heterocycles. The summed E-state index contributed by atoms with van der Waals surface area (Å²) < 4.78 is 0. The molecule has 2 N–H and O–H groups in total. The van der Waals surface area contributed by atoms with Crippen LogP contribution in [-0.4, -0.2) is 27.6 Å². The highest BCUT2D eigenvalue weighted by molar-refractivity contribution is 6.30. The molecule has 1 aromatic rings. The van der Waals surface area contributed by atoms with Gasteiger partial charge in [0.2, 0.25) is 0 Å². The number of aliphatic carboxylic acids is 1. The lowest BCUT2D eigenvalue weighted by atomic mass is 9.96. The van der Waals surface area contributed by atoms with Crippen molar-refractivity contribution in [3.05, 3.63) is 34.9 Å². The molecular weight excluding hydrogens is 232 g/mol. The summed E-state index contributed by atoms with van der Waals surface area (Å²) in [6, 6.07) is 6.04. The second kappa shape index (κ2) is 4.63. The van der Waals surface area contributed by atoms with E-state index in [2.05, 4.69) is 0 Å². The largest absolute Gasteiger partial charge is 0.479 e. The van der Waals surface area contributed by atoms with Crippen LogP contribution in [0, 0.1) is 0 Å². The summed E-state index contributed by atoms with van der Waals surface area (Å²) in [6.07, 6.45) is -0.468. The topological polar surface area (TPSA) is 74.6 Å². The van der Waals surface area contributed by atoms with Crippen molar-refractivity contribution in [2.24, 2.45) is 0 Å². The average molecular weight is 243 g/mol. The first-order chi connectivity index (χ1) is 7.33. The van der Waals surface area contributed by atoms with Gasteiger partial charge in [-0.15, -0.1) is 0 Å². The molecule has 1 aromatic carbocycles. The molecule has 0 aliphatic heterocycles. The highest BCUT2D eigenvalue weighted by Gasteiger charge is 2.32. The van der Waals surface area contributed by atoms with Gasteiger partial charge in [0, 0.05) is 10.6 Å². The van der Waals surface area contributed by atoms with Gasteiger partial charge in [0.1, 0.15) is 0 Å². The van der Waals surface area contributed by atoms with Crippen molar-refractivity contribution in [3.63, 3.8) is 0 Å². The maximum absolute atomic E-state index is 11.6. The number of ketones is 1. The maximum atomic E-state index is 11.6. The quantitative estimate of drug-likeness (QED) is 0.789. The molecular formula is C11H11ClO4. The van der Waals surface area contributed by atoms with E-state index in [1.54, 1.807) is 0 Å². The average Bonchev–Trinajstić information content (AvgIpc) is 2.17. The number of carbonyl (C=O) groups is 2. The van der Waals surface area contributed by atoms with Crippen molar-refractivity contribution in [2.75, 3.05) is 0 Å². The molecule has 0 saturated carbocycles. The van der Waals surface area contributed by atoms with E-state index in [-0.39, 0.29) is 0 Å². The Balaban J connectivity index is 2.81. The third-order valence-corrected chi connectivity index (χ3v) is 2.38. The SMILES string of the molecule is CC(O)(CC(=O)c1ccc(Cl)cc1)C(=O)O. The number of benzene rings is 1. The molecule has 0 radical (unpaired) electrons. The summed E-state index contributed by atoms with van der Waals surface area (Å²) >= 11 is 5.65. The Labute approximate surface area is 97.5 Å². The van der Waals surface area contributed by atoms with E-state index in [4.69, 9.17) is 16.7 Å². The van der Waals surface area contributed by atoms with Gasteiger partial charge in [0.15, 0.2) is 11.4 Å². The molecule has 0 fully saturated rings. The fourth-order valence-corrected chi connectivity index (χ4v) is 1.25. The van der Waals surface area contributed by atoms with Gasteiger partial charge in [-0.1, -0.05) is 11.6 Å². The number of rotatable bonds is 4. The lowest BCUT2D eigenvalue weighted by molar-refractivity contribution is -0.156. The second-order valence-corrected chi connectivity index (χ2v) is 4.12. The van der Waals surface area contributed by atoms with Gasteiger partial charge >= 0.3 is 5.97 Å². The molecule has 86 valence electrons. The Morgan fingerprint density at radius 3 is 2.25 bits per heavy atom. The summed E-state index contributed by atoms with van der Waals surface area (Å²) in [7, 11) is 0. The van der Waals surface area contributed by atoms with Gasteiger partial charge in [-0.3, -0.25) is 4.79 Å². The minimum absolute atomic E-state index is 0.325. The number of Topliss-reactive ketones (excluding diaryl/α,β-unsaturated/α-hetero) is 1. The lowest BCUT2D eigenvalue weighted by Crippen LogP contribution is -2.37. The van der Waals surface area contributed by atoms with E-state index in [0.717, 1.165) is 6.92 Å². The van der Waals surface area contributed by atoms with Crippen LogP contribution >= 0.6 is 11.6 Å². The van der Waals surface area contributed by atoms with Crippen LogP contribution < -0.4 is 0 Å². The fourth-order valence-electron chi connectivity index (χ4n) is 1.13. The van der Waals surface area contributed by atoms with E-state index in [0.29, 0.717) is 10.6 Å². The number of hydrogen-bond acceptors (Lipinski definition) is 3. The van der Waals surface area contributed by atoms with Gasteiger partial charge in [-0.05, 0) is 31.2 Å². The lowest BCUT2D eigenvalue weighted by Gasteiger charge is -2.16. The summed E-state index contributed by atoms with van der Waals surface area (Å²) in [4.78, 5) is 22.2. The Morgan fingerprint density at radius 1 is 1.31 bits per heavy atom. The summed E-state index contributed by atoms with van der Waals surface area (Å²) in [5, 5.41) is 18.6. The van der Waals surface area contributed by atoms with E-state index in [1.165, 1.54) is 24.3 Å². The van der Waals surface area contributed by atoms with Crippen LogP contribution in [-0.2, 0) is 4.79 Å². The van der Waals surface area contributed by atoms with Gasteiger partial charge in [0.25, 0.3) is 0 Å². The molecule has 1 rings (SSSR count). The van der Waals surface area contributed by atoms with Crippen LogP contribution in [0.1, 0.15) is 23.7 Å². The molecule has 0 aromatic heterocycles. The van der Waals surface area contributed by atoms with Crippen molar-refractivity contribution < 1.29 is 19.8 Å². The second-order valence-electron chi connectivity index (χ2n) is 3.69. The highest BCUT2D eigenvalue weighted by atomic mass is 35.5. The molecule has 1 atom stereocenters. The van der Waals surface area contributed by atoms with Gasteiger partial charge in [-0.25, -0.2) is 4.79 Å². The van der Waals surface area contributed by atoms with Crippen molar-refractivity contribution in [1.29, 1.82) is 0 Å². The molecule has 0 spiro atoms. The summed E-state index contributed by atoms with van der Waals surface area (Å²) in [5.74, 6) is -1.86. The van der Waals surface area contributed by atoms with E-state index >= 15 is 0 Å². The van der Waals surface area contributed by atoms with E-state index in [1.807, 2.05) is 0 Å². The van der Waals surface area contributed by atoms with E-state index in [9.17, 15) is 14.7 Å². The number of carboxylic acids is 1. The molecule has 5 heteroatoms. The van der Waals surface area contributed by atoms with Gasteiger partial charge < -0.3 is 10.2 Å². The first-order valence-electron chi connectivity index (χ1n) is 4.57. The van der Waals surface area contributed by atoms with Crippen molar-refractivity contribution >= 4 is 23.4 Å². The molecule has 4 nitrogen and oxygen atoms in total. The highest BCUT2D eigenvalue weighted by Crippen LogP contribution is 2.16. The number of hydrogen-bond donors (Lipinski definition) is 2. The van der Waals surface area contributed by atoms with Crippen molar-refractivity contribution in [3.8, 4) is 0 Å². The fraction of sp³-hybridized carbons (Fsp3) is 0.273. The smallest absolute Gasteiger partial charge is 0.335 e. The normalized spacial score (nSPS) is 14.2. The molecule has 16 heavy (non-hydrogen) atoms. The number of halogens is 1. The zero-order valence-electron chi connectivity index (χ0n) is 8.61. The minimum atomic E-state index is -2.04. The van der Waals surface area contributed by atoms with Crippen molar-refractivity contribution in [2.45, 2.75) is 18.9 Å². The predicted molar refractivity (Wildman–Crippen MR) is 58.7 cm³/mol. The third-order valence-electron chi connectivity index (χ3n) is 2.13. The minimum Gasteiger partial charge on any atom is -0.479 e. The summed E-state index contributed by atoms with van der Waals surface area (Å²) in [6.45, 7) is 1.09. The van der Waals surface area contributed by atoms with Gasteiger partial charge in [0.05, 0.1) is 6.42 Å². The number of carboxylic acid groups (broad SMARTS) is 1. The molecule has 1 unspecified atom stereocenters. The number of carbonyl (C=O) groups excluding carboxylic acids is 1. The van der Waals surface area contributed by atoms with Crippen LogP contribution in [0.3, 0.4) is 0 Å².